The Kier molecular flexibility index (Phi) is 6.76. The summed E-state index contributed by atoms with van der Waals surface area (Å²) in [5.41, 5.74) is 0. The van der Waals surface area contributed by atoms with Crippen LogP contribution in [0.25, 0.3) is 0 Å². The lowest BCUT2D eigenvalue weighted by Gasteiger charge is -2.22. The van der Waals surface area contributed by atoms with Crippen LogP contribution in [-0.2, 0) is 9.53 Å². The molecular weight excluding hydrogens is 254 g/mol. The predicted molar refractivity (Wildman–Crippen MR) is 79.7 cm³/mol. The number of nitrogens with zero attached hydrogens (tertiary/aromatic N) is 2. The molecule has 2 saturated heterocycles. The summed E-state index contributed by atoms with van der Waals surface area (Å²) in [6.07, 6.45) is 4.62. The highest BCUT2D eigenvalue weighted by Crippen LogP contribution is 2.16. The fourth-order valence-electron chi connectivity index (χ4n) is 2.97. The SMILES string of the molecule is CN1CCCN(CC(=O)NCC[C@@H]2CCCOC2)CC1. The molecule has 2 fully saturated rings. The van der Waals surface area contributed by atoms with Gasteiger partial charge in [0.2, 0.25) is 5.91 Å². The second-order valence-corrected chi connectivity index (χ2v) is 6.15. The molecule has 0 bridgehead atoms. The van der Waals surface area contributed by atoms with E-state index in [9.17, 15) is 4.79 Å². The van der Waals surface area contributed by atoms with E-state index in [-0.39, 0.29) is 5.91 Å². The summed E-state index contributed by atoms with van der Waals surface area (Å²) in [7, 11) is 2.15. The van der Waals surface area contributed by atoms with E-state index < -0.39 is 0 Å². The van der Waals surface area contributed by atoms with E-state index in [4.69, 9.17) is 4.74 Å². The average molecular weight is 283 g/mol. The van der Waals surface area contributed by atoms with Gasteiger partial charge in [0.1, 0.15) is 0 Å². The number of likely N-dealkylation sites (N-methyl/N-ethyl adjacent to an activating group) is 1. The summed E-state index contributed by atoms with van der Waals surface area (Å²) in [6.45, 7) is 7.36. The van der Waals surface area contributed by atoms with Gasteiger partial charge in [-0.3, -0.25) is 9.69 Å². The summed E-state index contributed by atoms with van der Waals surface area (Å²) >= 11 is 0. The molecule has 1 N–H and O–H groups in total. The quantitative estimate of drug-likeness (QED) is 0.801. The van der Waals surface area contributed by atoms with Gasteiger partial charge in [0, 0.05) is 32.8 Å². The molecule has 2 rings (SSSR count). The number of nitrogens with one attached hydrogen (secondary N) is 1. The lowest BCUT2D eigenvalue weighted by Crippen LogP contribution is -2.39. The Morgan fingerprint density at radius 3 is 2.95 bits per heavy atom. The highest BCUT2D eigenvalue weighted by molar-refractivity contribution is 5.77. The smallest absolute Gasteiger partial charge is 0.234 e. The zero-order valence-electron chi connectivity index (χ0n) is 12.8. The van der Waals surface area contributed by atoms with Crippen LogP contribution in [0.15, 0.2) is 0 Å². The van der Waals surface area contributed by atoms with Crippen LogP contribution in [-0.4, -0.2) is 75.2 Å². The second-order valence-electron chi connectivity index (χ2n) is 6.15. The monoisotopic (exact) mass is 283 g/mol. The minimum Gasteiger partial charge on any atom is -0.381 e. The van der Waals surface area contributed by atoms with Crippen molar-refractivity contribution in [3.05, 3.63) is 0 Å². The Hall–Kier alpha value is -0.650. The number of carbonyl (C=O) groups is 1. The molecule has 5 nitrogen and oxygen atoms in total. The maximum absolute atomic E-state index is 11.9. The molecule has 2 aliphatic rings. The van der Waals surface area contributed by atoms with Gasteiger partial charge in [-0.1, -0.05) is 0 Å². The van der Waals surface area contributed by atoms with Crippen LogP contribution in [0.2, 0.25) is 0 Å². The number of hydrogen-bond acceptors (Lipinski definition) is 4. The van der Waals surface area contributed by atoms with E-state index in [0.717, 1.165) is 58.8 Å². The van der Waals surface area contributed by atoms with Crippen molar-refractivity contribution < 1.29 is 9.53 Å². The van der Waals surface area contributed by atoms with Crippen molar-refractivity contribution in [2.45, 2.75) is 25.7 Å². The summed E-state index contributed by atoms with van der Waals surface area (Å²) in [5, 5.41) is 3.06. The molecule has 0 spiro atoms. The molecule has 0 aliphatic carbocycles. The van der Waals surface area contributed by atoms with Crippen molar-refractivity contribution in [3.8, 4) is 0 Å². The highest BCUT2D eigenvalue weighted by Gasteiger charge is 2.16. The fraction of sp³-hybridized carbons (Fsp3) is 0.933. The molecule has 0 unspecified atom stereocenters. The van der Waals surface area contributed by atoms with Crippen molar-refractivity contribution >= 4 is 5.91 Å². The minimum atomic E-state index is 0.172. The van der Waals surface area contributed by atoms with Gasteiger partial charge in [0.15, 0.2) is 0 Å². The predicted octanol–water partition coefficient (Wildman–Crippen LogP) is 0.557. The van der Waals surface area contributed by atoms with E-state index in [2.05, 4.69) is 22.2 Å². The first-order valence-electron chi connectivity index (χ1n) is 7.99. The Morgan fingerprint density at radius 2 is 2.15 bits per heavy atom. The average Bonchev–Trinajstić information content (AvgIpc) is 2.65. The van der Waals surface area contributed by atoms with E-state index in [1.807, 2.05) is 0 Å². The van der Waals surface area contributed by atoms with Crippen molar-refractivity contribution in [2.24, 2.45) is 5.92 Å². The van der Waals surface area contributed by atoms with Crippen molar-refractivity contribution in [1.82, 2.24) is 15.1 Å². The summed E-state index contributed by atoms with van der Waals surface area (Å²) in [5.74, 6) is 0.808. The van der Waals surface area contributed by atoms with E-state index in [0.29, 0.717) is 12.5 Å². The van der Waals surface area contributed by atoms with Crippen molar-refractivity contribution in [3.63, 3.8) is 0 Å². The van der Waals surface area contributed by atoms with Crippen LogP contribution in [0.5, 0.6) is 0 Å². The molecule has 0 radical (unpaired) electrons. The van der Waals surface area contributed by atoms with E-state index in [1.54, 1.807) is 0 Å². The molecule has 1 atom stereocenters. The number of ether oxygens (including phenoxy) is 1. The van der Waals surface area contributed by atoms with Crippen LogP contribution in [0.3, 0.4) is 0 Å². The van der Waals surface area contributed by atoms with Crippen LogP contribution >= 0.6 is 0 Å². The van der Waals surface area contributed by atoms with Gasteiger partial charge >= 0.3 is 0 Å². The molecule has 1 amide bonds. The molecule has 0 aromatic carbocycles. The maximum atomic E-state index is 11.9. The van der Waals surface area contributed by atoms with Gasteiger partial charge in [-0.2, -0.15) is 0 Å². The van der Waals surface area contributed by atoms with Gasteiger partial charge in [-0.25, -0.2) is 0 Å². The molecule has 5 heteroatoms. The lowest BCUT2D eigenvalue weighted by molar-refractivity contribution is -0.122. The first-order chi connectivity index (χ1) is 9.74. The second kappa shape index (κ2) is 8.60. The molecule has 2 aliphatic heterocycles. The van der Waals surface area contributed by atoms with Crippen molar-refractivity contribution in [2.75, 3.05) is 59.5 Å². The molecular formula is C15H29N3O2. The molecule has 0 saturated carbocycles. The zero-order valence-corrected chi connectivity index (χ0v) is 12.8. The Bertz CT molecular complexity index is 293. The summed E-state index contributed by atoms with van der Waals surface area (Å²) in [4.78, 5) is 16.5. The van der Waals surface area contributed by atoms with Gasteiger partial charge in [-0.15, -0.1) is 0 Å². The van der Waals surface area contributed by atoms with E-state index >= 15 is 0 Å². The summed E-state index contributed by atoms with van der Waals surface area (Å²) < 4.78 is 5.46. The number of amides is 1. The van der Waals surface area contributed by atoms with Crippen LogP contribution in [0, 0.1) is 5.92 Å². The molecule has 116 valence electrons. The van der Waals surface area contributed by atoms with Gasteiger partial charge in [0.25, 0.3) is 0 Å². The zero-order chi connectivity index (χ0) is 14.2. The minimum absolute atomic E-state index is 0.172. The van der Waals surface area contributed by atoms with Gasteiger partial charge < -0.3 is 15.0 Å². The van der Waals surface area contributed by atoms with Crippen LogP contribution in [0.4, 0.5) is 0 Å². The van der Waals surface area contributed by atoms with E-state index in [1.165, 1.54) is 12.8 Å². The topological polar surface area (TPSA) is 44.8 Å². The first kappa shape index (κ1) is 15.7. The Morgan fingerprint density at radius 1 is 1.25 bits per heavy atom. The molecule has 0 aromatic rings. The van der Waals surface area contributed by atoms with Gasteiger partial charge in [-0.05, 0) is 51.7 Å². The third kappa shape index (κ3) is 5.77. The Labute approximate surface area is 122 Å². The fourth-order valence-corrected chi connectivity index (χ4v) is 2.97. The van der Waals surface area contributed by atoms with Crippen LogP contribution in [0.1, 0.15) is 25.7 Å². The van der Waals surface area contributed by atoms with Crippen molar-refractivity contribution in [1.29, 1.82) is 0 Å². The third-order valence-corrected chi connectivity index (χ3v) is 4.31. The molecule has 0 aromatic heterocycles. The standard InChI is InChI=1S/C15H29N3O2/c1-17-7-3-8-18(10-9-17)12-15(19)16-6-5-14-4-2-11-20-13-14/h14H,2-13H2,1H3,(H,16,19)/t14-/m0/s1. The summed E-state index contributed by atoms with van der Waals surface area (Å²) in [6, 6.07) is 0. The van der Waals surface area contributed by atoms with Crippen LogP contribution < -0.4 is 5.32 Å². The number of hydrogen-bond donors (Lipinski definition) is 1. The normalized spacial score (nSPS) is 26.1. The number of carbonyl (C=O) groups excluding carboxylic acids is 1. The highest BCUT2D eigenvalue weighted by atomic mass is 16.5. The number of rotatable bonds is 5. The third-order valence-electron chi connectivity index (χ3n) is 4.31. The molecule has 2 heterocycles. The lowest BCUT2D eigenvalue weighted by atomic mass is 9.99. The maximum Gasteiger partial charge on any atom is 0.234 e. The van der Waals surface area contributed by atoms with Gasteiger partial charge in [0.05, 0.1) is 6.54 Å². The Balaban J connectivity index is 1.57. The first-order valence-corrected chi connectivity index (χ1v) is 7.99. The largest absolute Gasteiger partial charge is 0.381 e. The molecule has 20 heavy (non-hydrogen) atoms.